The summed E-state index contributed by atoms with van der Waals surface area (Å²) in [5.41, 5.74) is 3.66. The largest absolute Gasteiger partial charge is 0.377 e. The van der Waals surface area contributed by atoms with E-state index in [1.165, 1.54) is 13.8 Å². The molecule has 0 saturated carbocycles. The third kappa shape index (κ3) is 1.92. The van der Waals surface area contributed by atoms with Gasteiger partial charge in [0.2, 0.25) is 0 Å². The molecule has 3 N–H and O–H groups in total. The molecule has 0 aromatic heterocycles. The maximum absolute atomic E-state index is 10.7. The Balaban J connectivity index is 4.42. The van der Waals surface area contributed by atoms with E-state index >= 15 is 0 Å². The summed E-state index contributed by atoms with van der Waals surface area (Å²) in [6, 6.07) is 0. The van der Waals surface area contributed by atoms with Crippen LogP contribution < -0.4 is 5.73 Å². The van der Waals surface area contributed by atoms with Crippen molar-refractivity contribution < 1.29 is 13.5 Å². The summed E-state index contributed by atoms with van der Waals surface area (Å²) in [5.74, 6) is 0. The van der Waals surface area contributed by atoms with Crippen molar-refractivity contribution in [2.24, 2.45) is 5.73 Å². The van der Waals surface area contributed by atoms with E-state index in [0.29, 0.717) is 0 Å². The number of nitrogens with two attached hydrogens (primary N) is 1. The first-order valence-corrected chi connectivity index (χ1v) is 4.16. The Labute approximate surface area is 54.6 Å². The molecule has 0 spiro atoms. The molecular formula is C4H11NO3S. The zero-order chi connectivity index (χ0) is 7.65. The third-order valence-electron chi connectivity index (χ3n) is 0.994. The molecule has 0 bridgehead atoms. The number of aliphatic hydroxyl groups is 1. The normalized spacial score (nSPS) is 19.1. The molecule has 4 nitrogen and oxygen atoms in total. The minimum absolute atomic E-state index is 0.988. The number of rotatable bonds is 2. The average molecular weight is 153 g/mol. The smallest absolute Gasteiger partial charge is 0.191 e. The van der Waals surface area contributed by atoms with Crippen molar-refractivity contribution >= 4 is 9.84 Å². The van der Waals surface area contributed by atoms with Crippen LogP contribution in [0, 0.1) is 0 Å². The summed E-state index contributed by atoms with van der Waals surface area (Å²) in [7, 11) is -3.48. The van der Waals surface area contributed by atoms with Gasteiger partial charge in [0.15, 0.2) is 15.3 Å². The molecule has 0 rings (SSSR count). The molecule has 56 valence electrons. The van der Waals surface area contributed by atoms with Crippen molar-refractivity contribution in [1.29, 1.82) is 0 Å². The molecule has 0 aliphatic rings. The van der Waals surface area contributed by atoms with Crippen LogP contribution in [0.3, 0.4) is 0 Å². The van der Waals surface area contributed by atoms with Crippen LogP contribution in [0.4, 0.5) is 0 Å². The lowest BCUT2D eigenvalue weighted by Gasteiger charge is -2.08. The Bertz CT molecular complexity index is 156. The van der Waals surface area contributed by atoms with Gasteiger partial charge < -0.3 is 10.8 Å². The lowest BCUT2D eigenvalue weighted by atomic mass is 10.8. The van der Waals surface area contributed by atoms with Gasteiger partial charge in [0.1, 0.15) is 5.37 Å². The minimum Gasteiger partial charge on any atom is -0.377 e. The van der Waals surface area contributed by atoms with Gasteiger partial charge in [-0.1, -0.05) is 0 Å². The Morgan fingerprint density at radius 1 is 1.44 bits per heavy atom. The Hall–Kier alpha value is -0.130. The molecule has 5 heteroatoms. The summed E-state index contributed by atoms with van der Waals surface area (Å²) < 4.78 is 21.3. The second kappa shape index (κ2) is 2.64. The summed E-state index contributed by atoms with van der Waals surface area (Å²) in [6.07, 6.45) is 0. The number of hydrogen-bond donors (Lipinski definition) is 2. The van der Waals surface area contributed by atoms with Crippen molar-refractivity contribution in [2.45, 2.75) is 24.7 Å². The fourth-order valence-corrected chi connectivity index (χ4v) is 0.932. The molecule has 0 aliphatic carbocycles. The lowest BCUT2D eigenvalue weighted by Crippen LogP contribution is -2.34. The first-order chi connectivity index (χ1) is 3.89. The molecule has 0 saturated heterocycles. The second-order valence-electron chi connectivity index (χ2n) is 1.89. The Morgan fingerprint density at radius 2 is 1.78 bits per heavy atom. The van der Waals surface area contributed by atoms with E-state index < -0.39 is 20.6 Å². The molecule has 0 aliphatic heterocycles. The minimum atomic E-state index is -3.48. The van der Waals surface area contributed by atoms with Gasteiger partial charge in [-0.25, -0.2) is 8.42 Å². The summed E-state index contributed by atoms with van der Waals surface area (Å²) in [5, 5.41) is 7.59. The summed E-state index contributed by atoms with van der Waals surface area (Å²) in [4.78, 5) is 0. The predicted octanol–water partition coefficient (Wildman–Crippen LogP) is -0.956. The molecule has 9 heavy (non-hydrogen) atoms. The van der Waals surface area contributed by atoms with Gasteiger partial charge in [-0.2, -0.15) is 0 Å². The van der Waals surface area contributed by atoms with Crippen LogP contribution in [0.15, 0.2) is 0 Å². The van der Waals surface area contributed by atoms with Gasteiger partial charge in [-0.3, -0.25) is 0 Å². The van der Waals surface area contributed by atoms with E-state index in [2.05, 4.69) is 0 Å². The highest BCUT2D eigenvalue weighted by atomic mass is 32.2. The van der Waals surface area contributed by atoms with Gasteiger partial charge in [0.05, 0.1) is 0 Å². The van der Waals surface area contributed by atoms with Crippen LogP contribution in [-0.2, 0) is 9.84 Å². The topological polar surface area (TPSA) is 80.4 Å². The average Bonchev–Trinajstić information content (AvgIpc) is 1.65. The Kier molecular flexibility index (Phi) is 2.60. The standard InChI is InChI=1S/C4H11NO3S/c1-3(5)9(7,8)4(2)6/h3-4,6H,5H2,1-2H3. The second-order valence-corrected chi connectivity index (χ2v) is 4.50. The molecule has 0 aromatic rings. The molecular weight excluding hydrogens is 142 g/mol. The maximum atomic E-state index is 10.7. The highest BCUT2D eigenvalue weighted by molar-refractivity contribution is 7.92. The summed E-state index contributed by atoms with van der Waals surface area (Å²) >= 11 is 0. The predicted molar refractivity (Wildman–Crippen MR) is 34.2 cm³/mol. The highest BCUT2D eigenvalue weighted by Crippen LogP contribution is 2.00. The molecule has 2 unspecified atom stereocenters. The van der Waals surface area contributed by atoms with Crippen molar-refractivity contribution in [3.63, 3.8) is 0 Å². The van der Waals surface area contributed by atoms with E-state index in [-0.39, 0.29) is 0 Å². The third-order valence-corrected chi connectivity index (χ3v) is 2.98. The van der Waals surface area contributed by atoms with E-state index in [4.69, 9.17) is 10.8 Å². The van der Waals surface area contributed by atoms with Crippen LogP contribution in [-0.4, -0.2) is 24.3 Å². The van der Waals surface area contributed by atoms with Crippen molar-refractivity contribution in [3.05, 3.63) is 0 Å². The monoisotopic (exact) mass is 153 g/mol. The number of hydrogen-bond acceptors (Lipinski definition) is 4. The van der Waals surface area contributed by atoms with Gasteiger partial charge in [0.25, 0.3) is 0 Å². The first-order valence-electron chi connectivity index (χ1n) is 2.55. The van der Waals surface area contributed by atoms with E-state index in [1.807, 2.05) is 0 Å². The zero-order valence-electron chi connectivity index (χ0n) is 5.40. The SMILES string of the molecule is CC(N)S(=O)(=O)C(C)O. The highest BCUT2D eigenvalue weighted by Gasteiger charge is 2.21. The van der Waals surface area contributed by atoms with Crippen LogP contribution in [0.5, 0.6) is 0 Å². The molecule has 0 aromatic carbocycles. The first kappa shape index (κ1) is 8.87. The fourth-order valence-electron chi connectivity index (χ4n) is 0.311. The van der Waals surface area contributed by atoms with Crippen molar-refractivity contribution in [1.82, 2.24) is 0 Å². The van der Waals surface area contributed by atoms with E-state index in [1.54, 1.807) is 0 Å². The van der Waals surface area contributed by atoms with Crippen LogP contribution in [0.2, 0.25) is 0 Å². The van der Waals surface area contributed by atoms with E-state index in [0.717, 1.165) is 0 Å². The molecule has 0 heterocycles. The number of aliphatic hydroxyl groups excluding tert-OH is 1. The molecule has 2 atom stereocenters. The summed E-state index contributed by atoms with van der Waals surface area (Å²) in [6.45, 7) is 2.50. The fraction of sp³-hybridized carbons (Fsp3) is 1.00. The van der Waals surface area contributed by atoms with Crippen molar-refractivity contribution in [2.75, 3.05) is 0 Å². The number of sulfone groups is 1. The van der Waals surface area contributed by atoms with Gasteiger partial charge in [-0.05, 0) is 13.8 Å². The zero-order valence-corrected chi connectivity index (χ0v) is 6.22. The Morgan fingerprint density at radius 3 is 1.78 bits per heavy atom. The van der Waals surface area contributed by atoms with Crippen LogP contribution in [0.1, 0.15) is 13.8 Å². The quantitative estimate of drug-likeness (QED) is 0.535. The van der Waals surface area contributed by atoms with Gasteiger partial charge in [0, 0.05) is 0 Å². The van der Waals surface area contributed by atoms with Crippen molar-refractivity contribution in [3.8, 4) is 0 Å². The lowest BCUT2D eigenvalue weighted by molar-refractivity contribution is 0.267. The van der Waals surface area contributed by atoms with Crippen LogP contribution >= 0.6 is 0 Å². The van der Waals surface area contributed by atoms with Gasteiger partial charge in [-0.15, -0.1) is 0 Å². The maximum Gasteiger partial charge on any atom is 0.191 e. The molecule has 0 radical (unpaired) electrons. The molecule has 0 fully saturated rings. The van der Waals surface area contributed by atoms with Crippen LogP contribution in [0.25, 0.3) is 0 Å². The van der Waals surface area contributed by atoms with E-state index in [9.17, 15) is 8.42 Å². The van der Waals surface area contributed by atoms with Gasteiger partial charge >= 0.3 is 0 Å². The molecule has 0 amide bonds.